The number of piperazine rings is 1. The summed E-state index contributed by atoms with van der Waals surface area (Å²) in [5.41, 5.74) is 2.43. The normalized spacial score (nSPS) is 14.8. The molecule has 3 rings (SSSR count). The van der Waals surface area contributed by atoms with Crippen LogP contribution in [-0.4, -0.2) is 38.2 Å². The highest BCUT2D eigenvalue weighted by atomic mass is 35.5. The van der Waals surface area contributed by atoms with Crippen LogP contribution >= 0.6 is 24.8 Å². The highest BCUT2D eigenvalue weighted by Gasteiger charge is 2.22. The van der Waals surface area contributed by atoms with E-state index >= 15 is 0 Å². The summed E-state index contributed by atoms with van der Waals surface area (Å²) < 4.78 is 11.7. The third-order valence-electron chi connectivity index (χ3n) is 5.05. The van der Waals surface area contributed by atoms with E-state index in [2.05, 4.69) is 41.1 Å². The number of rotatable bonds is 9. The fraction of sp³-hybridized carbons (Fsp3) is 0.391. The molecular formula is C23H32Cl2N2O2. The zero-order valence-corrected chi connectivity index (χ0v) is 18.6. The van der Waals surface area contributed by atoms with Gasteiger partial charge in [-0.25, -0.2) is 0 Å². The lowest BCUT2D eigenvalue weighted by Crippen LogP contribution is -2.45. The predicted molar refractivity (Wildman–Crippen MR) is 125 cm³/mol. The van der Waals surface area contributed by atoms with Crippen molar-refractivity contribution in [3.63, 3.8) is 0 Å². The van der Waals surface area contributed by atoms with Crippen LogP contribution in [0.2, 0.25) is 0 Å². The molecule has 0 aromatic heterocycles. The van der Waals surface area contributed by atoms with Gasteiger partial charge in [0.1, 0.15) is 6.61 Å². The second-order valence-corrected chi connectivity index (χ2v) is 6.85. The standard InChI is InChI=1S/C23H30N2O2.2ClH/c1-3-4-10-21(25-15-13-24-14-16-25)20-11-12-22(23(17-20)26-2)27-18-19-8-6-5-7-9-19;;/h3,5-9,11-12,17,21,24H,1,4,10,13-16,18H2,2H3;2*1H/t21-;;/m1../s1. The van der Waals surface area contributed by atoms with E-state index in [0.717, 1.165) is 56.1 Å². The summed E-state index contributed by atoms with van der Waals surface area (Å²) in [7, 11) is 1.71. The van der Waals surface area contributed by atoms with Gasteiger partial charge in [-0.2, -0.15) is 0 Å². The molecule has 0 unspecified atom stereocenters. The average Bonchev–Trinajstić information content (AvgIpc) is 2.74. The average molecular weight is 439 g/mol. The lowest BCUT2D eigenvalue weighted by atomic mass is 9.99. The van der Waals surface area contributed by atoms with Crippen LogP contribution in [0.5, 0.6) is 11.5 Å². The van der Waals surface area contributed by atoms with Crippen LogP contribution in [0.25, 0.3) is 0 Å². The first kappa shape index (κ1) is 25.3. The number of halogens is 2. The fourth-order valence-corrected chi connectivity index (χ4v) is 3.58. The number of ether oxygens (including phenoxy) is 2. The fourth-order valence-electron chi connectivity index (χ4n) is 3.58. The van der Waals surface area contributed by atoms with Crippen molar-refractivity contribution in [2.45, 2.75) is 25.5 Å². The third kappa shape index (κ3) is 7.23. The van der Waals surface area contributed by atoms with E-state index in [1.165, 1.54) is 5.56 Å². The molecule has 1 atom stereocenters. The summed E-state index contributed by atoms with van der Waals surface area (Å²) >= 11 is 0. The Morgan fingerprint density at radius 2 is 1.79 bits per heavy atom. The van der Waals surface area contributed by atoms with Crippen molar-refractivity contribution in [3.05, 3.63) is 72.3 Å². The first-order chi connectivity index (χ1) is 13.3. The van der Waals surface area contributed by atoms with Gasteiger partial charge < -0.3 is 14.8 Å². The first-order valence-electron chi connectivity index (χ1n) is 9.72. The smallest absolute Gasteiger partial charge is 0.161 e. The maximum atomic E-state index is 6.01. The SMILES string of the molecule is C=CCC[C@H](c1ccc(OCc2ccccc2)c(OC)c1)N1CCNCC1.Cl.Cl. The number of allylic oxidation sites excluding steroid dienone is 1. The van der Waals surface area contributed by atoms with Crippen molar-refractivity contribution in [1.82, 2.24) is 10.2 Å². The summed E-state index contributed by atoms with van der Waals surface area (Å²) in [6.07, 6.45) is 4.07. The molecule has 1 N–H and O–H groups in total. The van der Waals surface area contributed by atoms with Crippen LogP contribution in [0.4, 0.5) is 0 Å². The van der Waals surface area contributed by atoms with E-state index in [1.54, 1.807) is 7.11 Å². The Hall–Kier alpha value is -1.72. The summed E-state index contributed by atoms with van der Waals surface area (Å²) in [6, 6.07) is 16.9. The molecule has 0 amide bonds. The Morgan fingerprint density at radius 3 is 2.45 bits per heavy atom. The molecule has 1 heterocycles. The van der Waals surface area contributed by atoms with E-state index in [1.807, 2.05) is 30.3 Å². The second-order valence-electron chi connectivity index (χ2n) is 6.85. The highest BCUT2D eigenvalue weighted by Crippen LogP contribution is 2.34. The zero-order chi connectivity index (χ0) is 18.9. The quantitative estimate of drug-likeness (QED) is 0.556. The minimum absolute atomic E-state index is 0. The lowest BCUT2D eigenvalue weighted by Gasteiger charge is -2.35. The molecular weight excluding hydrogens is 407 g/mol. The molecule has 160 valence electrons. The van der Waals surface area contributed by atoms with Crippen LogP contribution in [0.3, 0.4) is 0 Å². The topological polar surface area (TPSA) is 33.7 Å². The van der Waals surface area contributed by atoms with Crippen LogP contribution in [0.1, 0.15) is 30.0 Å². The van der Waals surface area contributed by atoms with E-state index in [0.29, 0.717) is 12.6 Å². The van der Waals surface area contributed by atoms with Crippen molar-refractivity contribution in [3.8, 4) is 11.5 Å². The van der Waals surface area contributed by atoms with E-state index < -0.39 is 0 Å². The van der Waals surface area contributed by atoms with Gasteiger partial charge in [0.2, 0.25) is 0 Å². The molecule has 0 aliphatic carbocycles. The number of hydrogen-bond donors (Lipinski definition) is 1. The number of benzene rings is 2. The minimum Gasteiger partial charge on any atom is -0.493 e. The Bertz CT molecular complexity index is 722. The number of nitrogens with one attached hydrogen (secondary N) is 1. The maximum Gasteiger partial charge on any atom is 0.161 e. The number of methoxy groups -OCH3 is 1. The molecule has 6 heteroatoms. The summed E-state index contributed by atoms with van der Waals surface area (Å²) in [6.45, 7) is 8.65. The molecule has 0 saturated carbocycles. The van der Waals surface area contributed by atoms with E-state index in [9.17, 15) is 0 Å². The van der Waals surface area contributed by atoms with Crippen LogP contribution < -0.4 is 14.8 Å². The largest absolute Gasteiger partial charge is 0.493 e. The number of hydrogen-bond acceptors (Lipinski definition) is 4. The van der Waals surface area contributed by atoms with Gasteiger partial charge in [0.05, 0.1) is 7.11 Å². The van der Waals surface area contributed by atoms with Gasteiger partial charge in [-0.05, 0) is 36.1 Å². The number of nitrogens with zero attached hydrogens (tertiary/aromatic N) is 1. The van der Waals surface area contributed by atoms with Crippen LogP contribution in [-0.2, 0) is 6.61 Å². The van der Waals surface area contributed by atoms with Gasteiger partial charge >= 0.3 is 0 Å². The summed E-state index contributed by atoms with van der Waals surface area (Å²) in [5, 5.41) is 3.43. The van der Waals surface area contributed by atoms with Crippen LogP contribution in [0, 0.1) is 0 Å². The molecule has 2 aromatic carbocycles. The molecule has 4 nitrogen and oxygen atoms in total. The van der Waals surface area contributed by atoms with E-state index in [-0.39, 0.29) is 24.8 Å². The summed E-state index contributed by atoms with van der Waals surface area (Å²) in [5.74, 6) is 1.58. The van der Waals surface area contributed by atoms with Gasteiger partial charge in [-0.15, -0.1) is 31.4 Å². The van der Waals surface area contributed by atoms with Gasteiger partial charge in [-0.3, -0.25) is 4.90 Å². The molecule has 29 heavy (non-hydrogen) atoms. The Balaban J connectivity index is 0.00000210. The van der Waals surface area contributed by atoms with Gasteiger partial charge in [0, 0.05) is 32.2 Å². The van der Waals surface area contributed by atoms with Crippen molar-refractivity contribution in [2.75, 3.05) is 33.3 Å². The molecule has 0 bridgehead atoms. The molecule has 1 aliphatic heterocycles. The van der Waals surface area contributed by atoms with Gasteiger partial charge in [0.25, 0.3) is 0 Å². The van der Waals surface area contributed by atoms with E-state index in [4.69, 9.17) is 9.47 Å². The third-order valence-corrected chi connectivity index (χ3v) is 5.05. The second kappa shape index (κ2) is 13.5. The Labute approximate surface area is 187 Å². The van der Waals surface area contributed by atoms with Crippen molar-refractivity contribution < 1.29 is 9.47 Å². The van der Waals surface area contributed by atoms with Gasteiger partial charge in [-0.1, -0.05) is 42.5 Å². The predicted octanol–water partition coefficient (Wildman–Crippen LogP) is 5.03. The van der Waals surface area contributed by atoms with Crippen molar-refractivity contribution in [2.24, 2.45) is 0 Å². The summed E-state index contributed by atoms with van der Waals surface area (Å²) in [4.78, 5) is 2.55. The minimum atomic E-state index is 0. The van der Waals surface area contributed by atoms with Crippen molar-refractivity contribution >= 4 is 24.8 Å². The van der Waals surface area contributed by atoms with Crippen molar-refractivity contribution in [1.29, 1.82) is 0 Å². The molecule has 2 aromatic rings. The Kier molecular flexibility index (Phi) is 11.8. The highest BCUT2D eigenvalue weighted by molar-refractivity contribution is 5.85. The first-order valence-corrected chi connectivity index (χ1v) is 9.72. The molecule has 0 radical (unpaired) electrons. The zero-order valence-electron chi connectivity index (χ0n) is 17.0. The lowest BCUT2D eigenvalue weighted by molar-refractivity contribution is 0.165. The van der Waals surface area contributed by atoms with Gasteiger partial charge in [0.15, 0.2) is 11.5 Å². The molecule has 1 saturated heterocycles. The Morgan fingerprint density at radius 1 is 1.07 bits per heavy atom. The van der Waals surface area contributed by atoms with Crippen LogP contribution in [0.15, 0.2) is 61.2 Å². The molecule has 1 aliphatic rings. The monoisotopic (exact) mass is 438 g/mol. The molecule has 0 spiro atoms. The maximum absolute atomic E-state index is 6.01. The molecule has 1 fully saturated rings.